The third-order valence-electron chi connectivity index (χ3n) is 1.92. The smallest absolute Gasteiger partial charge is 0.362 e. The number of allylic oxidation sites excluding steroid dienone is 1. The molecule has 1 aromatic rings. The van der Waals surface area contributed by atoms with E-state index in [1.165, 1.54) is 25.1 Å². The molecular weight excluding hydrogens is 239 g/mol. The van der Waals surface area contributed by atoms with E-state index in [4.69, 9.17) is 0 Å². The molecule has 0 radical (unpaired) electrons. The van der Waals surface area contributed by atoms with Gasteiger partial charge < -0.3 is 9.84 Å². The van der Waals surface area contributed by atoms with Crippen molar-refractivity contribution in [1.82, 2.24) is 0 Å². The molecule has 96 valence electrons. The van der Waals surface area contributed by atoms with Crippen molar-refractivity contribution < 1.29 is 19.0 Å². The number of hydrogen-bond acceptors (Lipinski definition) is 5. The second-order valence-corrected chi connectivity index (χ2v) is 3.31. The maximum atomic E-state index is 13.2. The van der Waals surface area contributed by atoms with E-state index in [0.717, 1.165) is 0 Å². The molecule has 0 saturated heterocycles. The summed E-state index contributed by atoms with van der Waals surface area (Å²) in [7, 11) is 0. The Balaban J connectivity index is 2.96. The van der Waals surface area contributed by atoms with E-state index in [-0.39, 0.29) is 23.8 Å². The Hall–Kier alpha value is -2.24. The zero-order valence-corrected chi connectivity index (χ0v) is 10.1. The first-order chi connectivity index (χ1) is 8.56. The molecular formula is C12H13FN2O3. The predicted molar refractivity (Wildman–Crippen MR) is 62.9 cm³/mol. The lowest BCUT2D eigenvalue weighted by atomic mass is 10.3. The fourth-order valence-electron chi connectivity index (χ4n) is 1.10. The molecule has 6 heteroatoms. The highest BCUT2D eigenvalue weighted by Crippen LogP contribution is 2.18. The van der Waals surface area contributed by atoms with Crippen molar-refractivity contribution in [3.8, 4) is 0 Å². The van der Waals surface area contributed by atoms with Crippen LogP contribution in [0.5, 0.6) is 0 Å². The highest BCUT2D eigenvalue weighted by molar-refractivity contribution is 5.88. The maximum absolute atomic E-state index is 13.2. The number of ether oxygens (including phenoxy) is 1. The van der Waals surface area contributed by atoms with Crippen LogP contribution in [-0.4, -0.2) is 17.7 Å². The number of azo groups is 1. The lowest BCUT2D eigenvalue weighted by Crippen LogP contribution is -2.07. The van der Waals surface area contributed by atoms with Gasteiger partial charge in [-0.05, 0) is 26.0 Å². The monoisotopic (exact) mass is 252 g/mol. The van der Waals surface area contributed by atoms with Crippen molar-refractivity contribution in [3.05, 3.63) is 41.5 Å². The largest absolute Gasteiger partial charge is 0.510 e. The van der Waals surface area contributed by atoms with Gasteiger partial charge >= 0.3 is 5.97 Å². The first-order valence-electron chi connectivity index (χ1n) is 5.29. The van der Waals surface area contributed by atoms with Gasteiger partial charge in [-0.3, -0.25) is 0 Å². The summed E-state index contributed by atoms with van der Waals surface area (Å²) in [6.45, 7) is 3.04. The molecule has 0 unspecified atom stereocenters. The van der Waals surface area contributed by atoms with Crippen molar-refractivity contribution in [2.75, 3.05) is 6.61 Å². The van der Waals surface area contributed by atoms with Crippen molar-refractivity contribution in [3.63, 3.8) is 0 Å². The summed E-state index contributed by atoms with van der Waals surface area (Å²) < 4.78 is 17.9. The number of carbonyl (C=O) groups is 1. The van der Waals surface area contributed by atoms with Gasteiger partial charge in [-0.2, -0.15) is 0 Å². The van der Waals surface area contributed by atoms with Gasteiger partial charge in [0.2, 0.25) is 5.70 Å². The molecule has 1 N–H and O–H groups in total. The molecule has 1 aromatic carbocycles. The average Bonchev–Trinajstić information content (AvgIpc) is 2.31. The average molecular weight is 252 g/mol. The van der Waals surface area contributed by atoms with Gasteiger partial charge in [0.15, 0.2) is 5.82 Å². The van der Waals surface area contributed by atoms with Crippen molar-refractivity contribution in [2.45, 2.75) is 13.8 Å². The number of rotatable bonds is 4. The molecule has 0 saturated carbocycles. The number of aliphatic hydroxyl groups is 1. The van der Waals surface area contributed by atoms with E-state index >= 15 is 0 Å². The standard InChI is InChI=1S/C12H13FN2O3/c1-3-18-12(17)11(8(2)16)15-14-10-7-5-4-6-9(10)13/h4-7,16H,3H2,1-2H3. The van der Waals surface area contributed by atoms with E-state index < -0.39 is 11.8 Å². The van der Waals surface area contributed by atoms with E-state index in [1.54, 1.807) is 13.0 Å². The van der Waals surface area contributed by atoms with Crippen LogP contribution >= 0.6 is 0 Å². The number of benzene rings is 1. The summed E-state index contributed by atoms with van der Waals surface area (Å²) in [5, 5.41) is 16.4. The van der Waals surface area contributed by atoms with E-state index in [0.29, 0.717) is 0 Å². The summed E-state index contributed by atoms with van der Waals surface area (Å²) >= 11 is 0. The van der Waals surface area contributed by atoms with Gasteiger partial charge in [-0.1, -0.05) is 12.1 Å². The van der Waals surface area contributed by atoms with Crippen LogP contribution in [-0.2, 0) is 9.53 Å². The number of hydrogen-bond donors (Lipinski definition) is 1. The normalized spacial score (nSPS) is 12.4. The van der Waals surface area contributed by atoms with Crippen molar-refractivity contribution >= 4 is 11.7 Å². The minimum atomic E-state index is -0.808. The minimum absolute atomic E-state index is 0.0273. The highest BCUT2D eigenvalue weighted by atomic mass is 19.1. The Labute approximate surface area is 104 Å². The summed E-state index contributed by atoms with van der Waals surface area (Å²) in [6.07, 6.45) is 0. The third kappa shape index (κ3) is 3.65. The van der Waals surface area contributed by atoms with Crippen LogP contribution in [0.3, 0.4) is 0 Å². The van der Waals surface area contributed by atoms with Crippen molar-refractivity contribution in [2.24, 2.45) is 10.2 Å². The van der Waals surface area contributed by atoms with Crippen LogP contribution in [0.2, 0.25) is 0 Å². The molecule has 0 aliphatic rings. The molecule has 18 heavy (non-hydrogen) atoms. The first-order valence-corrected chi connectivity index (χ1v) is 5.29. The number of aliphatic hydroxyl groups excluding tert-OH is 1. The van der Waals surface area contributed by atoms with Gasteiger partial charge in [0.25, 0.3) is 0 Å². The van der Waals surface area contributed by atoms with Crippen LogP contribution in [0, 0.1) is 5.82 Å². The Morgan fingerprint density at radius 3 is 2.67 bits per heavy atom. The molecule has 5 nitrogen and oxygen atoms in total. The fraction of sp³-hybridized carbons (Fsp3) is 0.250. The molecule has 0 heterocycles. The van der Waals surface area contributed by atoms with E-state index in [2.05, 4.69) is 15.0 Å². The third-order valence-corrected chi connectivity index (χ3v) is 1.92. The lowest BCUT2D eigenvalue weighted by molar-refractivity contribution is -0.138. The molecule has 0 atom stereocenters. The predicted octanol–water partition coefficient (Wildman–Crippen LogP) is 3.26. The first kappa shape index (κ1) is 13.8. The van der Waals surface area contributed by atoms with Crippen molar-refractivity contribution in [1.29, 1.82) is 0 Å². The minimum Gasteiger partial charge on any atom is -0.510 e. The lowest BCUT2D eigenvalue weighted by Gasteiger charge is -2.02. The summed E-state index contributed by atoms with van der Waals surface area (Å²) in [5.41, 5.74) is -0.374. The van der Waals surface area contributed by atoms with Crippen LogP contribution in [0.15, 0.2) is 46.0 Å². The Morgan fingerprint density at radius 1 is 1.44 bits per heavy atom. The fourth-order valence-corrected chi connectivity index (χ4v) is 1.10. The number of halogens is 1. The zero-order valence-electron chi connectivity index (χ0n) is 10.1. The highest BCUT2D eigenvalue weighted by Gasteiger charge is 2.14. The van der Waals surface area contributed by atoms with Gasteiger partial charge in [0.05, 0.1) is 6.61 Å². The molecule has 0 aliphatic heterocycles. The van der Waals surface area contributed by atoms with E-state index in [9.17, 15) is 14.3 Å². The summed E-state index contributed by atoms with van der Waals surface area (Å²) in [5.74, 6) is -1.72. The second kappa shape index (κ2) is 6.48. The molecule has 0 amide bonds. The molecule has 0 fully saturated rings. The SMILES string of the molecule is CCOC(=O)C(N=Nc1ccccc1F)=C(C)O. The zero-order chi connectivity index (χ0) is 13.5. The van der Waals surface area contributed by atoms with Crippen LogP contribution in [0.1, 0.15) is 13.8 Å². The molecule has 0 aromatic heterocycles. The van der Waals surface area contributed by atoms with Crippen LogP contribution < -0.4 is 0 Å². The van der Waals surface area contributed by atoms with Gasteiger partial charge in [0.1, 0.15) is 11.4 Å². The summed E-state index contributed by atoms with van der Waals surface area (Å²) in [6, 6.07) is 5.70. The number of carbonyl (C=O) groups excluding carboxylic acids is 1. The van der Waals surface area contributed by atoms with Crippen LogP contribution in [0.4, 0.5) is 10.1 Å². The van der Waals surface area contributed by atoms with Crippen LogP contribution in [0.25, 0.3) is 0 Å². The maximum Gasteiger partial charge on any atom is 0.362 e. The van der Waals surface area contributed by atoms with Gasteiger partial charge in [-0.25, -0.2) is 9.18 Å². The molecule has 0 spiro atoms. The Morgan fingerprint density at radius 2 is 2.11 bits per heavy atom. The topological polar surface area (TPSA) is 71.2 Å². The second-order valence-electron chi connectivity index (χ2n) is 3.31. The Bertz CT molecular complexity index is 494. The molecule has 0 aliphatic carbocycles. The van der Waals surface area contributed by atoms with Gasteiger partial charge in [-0.15, -0.1) is 10.2 Å². The number of esters is 1. The Kier molecular flexibility index (Phi) is 4.98. The van der Waals surface area contributed by atoms with Gasteiger partial charge in [0, 0.05) is 0 Å². The quantitative estimate of drug-likeness (QED) is 0.387. The molecule has 0 bridgehead atoms. The van der Waals surface area contributed by atoms with E-state index in [1.807, 2.05) is 0 Å². The number of nitrogens with zero attached hydrogens (tertiary/aromatic N) is 2. The summed E-state index contributed by atoms with van der Waals surface area (Å²) in [4.78, 5) is 11.4. The molecule has 1 rings (SSSR count).